The van der Waals surface area contributed by atoms with Crippen molar-refractivity contribution in [3.8, 4) is 11.1 Å². The number of aryl methyl sites for hydroxylation is 1. The Kier molecular flexibility index (Phi) is 9.01. The SMILES string of the molecule is Cc1ccc(-c2c(CNC(=O)OC(C)(C)C)c(CC(C)C)nc3ccc(CSCC(N)=O)cc23)cc1. The van der Waals surface area contributed by atoms with Crippen molar-refractivity contribution in [3.63, 3.8) is 0 Å². The van der Waals surface area contributed by atoms with E-state index in [4.69, 9.17) is 15.5 Å². The summed E-state index contributed by atoms with van der Waals surface area (Å²) in [5.41, 5.74) is 12.0. The molecule has 1 aromatic heterocycles. The standard InChI is InChI=1S/C29H37N3O3S/c1-18(2)13-25-23(15-31-28(34)35-29(4,5)6)27(21-10-7-19(3)8-11-21)22-14-20(9-12-24(22)32-25)16-36-17-26(30)33/h7-12,14,18H,13,15-17H2,1-6H3,(H2,30,33)(H,31,34). The van der Waals surface area contributed by atoms with Gasteiger partial charge in [0.25, 0.3) is 0 Å². The molecule has 0 fully saturated rings. The molecule has 0 spiro atoms. The predicted molar refractivity (Wildman–Crippen MR) is 149 cm³/mol. The van der Waals surface area contributed by atoms with Crippen molar-refractivity contribution >= 4 is 34.7 Å². The van der Waals surface area contributed by atoms with E-state index < -0.39 is 11.7 Å². The number of hydrogen-bond acceptors (Lipinski definition) is 5. The number of fused-ring (bicyclic) bond motifs is 1. The molecule has 0 radical (unpaired) electrons. The number of benzene rings is 2. The second-order valence-electron chi connectivity index (χ2n) is 10.5. The molecule has 0 saturated carbocycles. The van der Waals surface area contributed by atoms with Crippen LogP contribution in [0.5, 0.6) is 0 Å². The third-order valence-electron chi connectivity index (χ3n) is 5.50. The first kappa shape index (κ1) is 27.5. The maximum Gasteiger partial charge on any atom is 0.407 e. The zero-order valence-electron chi connectivity index (χ0n) is 22.1. The lowest BCUT2D eigenvalue weighted by Gasteiger charge is -2.22. The van der Waals surface area contributed by atoms with E-state index in [0.717, 1.165) is 45.3 Å². The number of carbonyl (C=O) groups excluding carboxylic acids is 2. The van der Waals surface area contributed by atoms with E-state index in [0.29, 0.717) is 18.2 Å². The van der Waals surface area contributed by atoms with Gasteiger partial charge in [-0.05, 0) is 68.9 Å². The van der Waals surface area contributed by atoms with Crippen LogP contribution in [0.2, 0.25) is 0 Å². The minimum atomic E-state index is -0.580. The summed E-state index contributed by atoms with van der Waals surface area (Å²) in [6.45, 7) is 12.3. The molecule has 0 aliphatic carbocycles. The number of nitrogens with one attached hydrogen (secondary N) is 1. The van der Waals surface area contributed by atoms with Crippen molar-refractivity contribution in [3.05, 3.63) is 64.8 Å². The Morgan fingerprint density at radius 2 is 1.81 bits per heavy atom. The number of rotatable bonds is 9. The van der Waals surface area contributed by atoms with Gasteiger partial charge in [0.15, 0.2) is 0 Å². The number of primary amides is 1. The molecule has 0 bridgehead atoms. The first-order valence-corrected chi connectivity index (χ1v) is 13.4. The van der Waals surface area contributed by atoms with Crippen LogP contribution in [0, 0.1) is 12.8 Å². The van der Waals surface area contributed by atoms with Gasteiger partial charge in [-0.1, -0.05) is 49.7 Å². The summed E-state index contributed by atoms with van der Waals surface area (Å²) in [6.07, 6.45) is 0.334. The normalized spacial score (nSPS) is 11.6. The van der Waals surface area contributed by atoms with E-state index in [1.807, 2.05) is 26.8 Å². The third kappa shape index (κ3) is 7.72. The molecule has 0 unspecified atom stereocenters. The number of amides is 2. The molecule has 192 valence electrons. The molecular formula is C29H37N3O3S. The molecule has 36 heavy (non-hydrogen) atoms. The average molecular weight is 508 g/mol. The Morgan fingerprint density at radius 1 is 1.11 bits per heavy atom. The van der Waals surface area contributed by atoms with E-state index in [1.54, 1.807) is 0 Å². The lowest BCUT2D eigenvalue weighted by Crippen LogP contribution is -2.32. The fraction of sp³-hybridized carbons (Fsp3) is 0.414. The highest BCUT2D eigenvalue weighted by Crippen LogP contribution is 2.35. The van der Waals surface area contributed by atoms with Gasteiger partial charge in [0, 0.05) is 28.9 Å². The van der Waals surface area contributed by atoms with Crippen LogP contribution in [0.15, 0.2) is 42.5 Å². The van der Waals surface area contributed by atoms with Crippen molar-refractivity contribution in [2.45, 2.75) is 65.9 Å². The van der Waals surface area contributed by atoms with Crippen molar-refractivity contribution in [2.75, 3.05) is 5.75 Å². The molecule has 0 aliphatic heterocycles. The highest BCUT2D eigenvalue weighted by atomic mass is 32.2. The van der Waals surface area contributed by atoms with Crippen LogP contribution >= 0.6 is 11.8 Å². The molecule has 3 rings (SSSR count). The van der Waals surface area contributed by atoms with Crippen molar-refractivity contribution < 1.29 is 14.3 Å². The third-order valence-corrected chi connectivity index (χ3v) is 6.53. The summed E-state index contributed by atoms with van der Waals surface area (Å²) in [5.74, 6) is 1.02. The molecule has 3 N–H and O–H groups in total. The van der Waals surface area contributed by atoms with Crippen molar-refractivity contribution in [1.82, 2.24) is 10.3 Å². The minimum Gasteiger partial charge on any atom is -0.444 e. The Hall–Kier alpha value is -3.06. The number of aromatic nitrogens is 1. The van der Waals surface area contributed by atoms with Crippen molar-refractivity contribution in [1.29, 1.82) is 0 Å². The highest BCUT2D eigenvalue weighted by Gasteiger charge is 2.21. The van der Waals surface area contributed by atoms with Gasteiger partial charge in [0.2, 0.25) is 5.91 Å². The van der Waals surface area contributed by atoms with Crippen LogP contribution in [-0.4, -0.2) is 28.3 Å². The first-order chi connectivity index (χ1) is 16.9. The van der Waals surface area contributed by atoms with E-state index in [1.165, 1.54) is 17.3 Å². The Balaban J connectivity index is 2.16. The molecule has 0 saturated heterocycles. The van der Waals surface area contributed by atoms with Gasteiger partial charge >= 0.3 is 6.09 Å². The molecule has 1 heterocycles. The Morgan fingerprint density at radius 3 is 2.42 bits per heavy atom. The lowest BCUT2D eigenvalue weighted by molar-refractivity contribution is -0.115. The second kappa shape index (κ2) is 11.8. The van der Waals surface area contributed by atoms with E-state index in [2.05, 4.69) is 62.5 Å². The number of thioether (sulfide) groups is 1. The van der Waals surface area contributed by atoms with E-state index in [-0.39, 0.29) is 11.7 Å². The second-order valence-corrected chi connectivity index (χ2v) is 11.5. The fourth-order valence-corrected chi connectivity index (χ4v) is 4.75. The molecular weight excluding hydrogens is 470 g/mol. The number of alkyl carbamates (subject to hydrolysis) is 1. The number of pyridine rings is 1. The van der Waals surface area contributed by atoms with Gasteiger partial charge < -0.3 is 15.8 Å². The van der Waals surface area contributed by atoms with Gasteiger partial charge in [-0.2, -0.15) is 0 Å². The van der Waals surface area contributed by atoms with Crippen LogP contribution in [0.25, 0.3) is 22.0 Å². The van der Waals surface area contributed by atoms with Gasteiger partial charge in [-0.3, -0.25) is 9.78 Å². The molecule has 3 aromatic rings. The molecule has 2 amide bonds. The maximum absolute atomic E-state index is 12.6. The smallest absolute Gasteiger partial charge is 0.407 e. The summed E-state index contributed by atoms with van der Waals surface area (Å²) in [4.78, 5) is 28.8. The Labute approximate surface area is 218 Å². The summed E-state index contributed by atoms with van der Waals surface area (Å²) in [7, 11) is 0. The number of carbonyl (C=O) groups is 2. The molecule has 7 heteroatoms. The molecule has 0 aliphatic rings. The van der Waals surface area contributed by atoms with Gasteiger partial charge in [0.1, 0.15) is 5.60 Å². The van der Waals surface area contributed by atoms with Crippen LogP contribution < -0.4 is 11.1 Å². The number of nitrogens with two attached hydrogens (primary N) is 1. The molecule has 6 nitrogen and oxygen atoms in total. The maximum atomic E-state index is 12.6. The zero-order valence-corrected chi connectivity index (χ0v) is 22.9. The minimum absolute atomic E-state index is 0.277. The number of hydrogen-bond donors (Lipinski definition) is 2. The van der Waals surface area contributed by atoms with Gasteiger partial charge in [-0.15, -0.1) is 11.8 Å². The molecule has 0 atom stereocenters. The first-order valence-electron chi connectivity index (χ1n) is 12.3. The van der Waals surface area contributed by atoms with Crippen molar-refractivity contribution in [2.24, 2.45) is 11.7 Å². The summed E-state index contributed by atoms with van der Waals surface area (Å²) in [5, 5.41) is 3.98. The zero-order chi connectivity index (χ0) is 26.5. The van der Waals surface area contributed by atoms with Crippen LogP contribution in [0.1, 0.15) is 57.0 Å². The summed E-state index contributed by atoms with van der Waals surface area (Å²) < 4.78 is 5.50. The van der Waals surface area contributed by atoms with E-state index >= 15 is 0 Å². The topological polar surface area (TPSA) is 94.3 Å². The van der Waals surface area contributed by atoms with Crippen LogP contribution in [0.3, 0.4) is 0 Å². The van der Waals surface area contributed by atoms with E-state index in [9.17, 15) is 9.59 Å². The predicted octanol–water partition coefficient (Wildman–Crippen LogP) is 6.15. The molecule has 2 aromatic carbocycles. The highest BCUT2D eigenvalue weighted by molar-refractivity contribution is 7.99. The number of ether oxygens (including phenoxy) is 1. The fourth-order valence-electron chi connectivity index (χ4n) is 4.03. The largest absolute Gasteiger partial charge is 0.444 e. The van der Waals surface area contributed by atoms with Gasteiger partial charge in [-0.25, -0.2) is 4.79 Å². The quantitative estimate of drug-likeness (QED) is 0.362. The van der Waals surface area contributed by atoms with Gasteiger partial charge in [0.05, 0.1) is 11.3 Å². The Bertz CT molecular complexity index is 1230. The summed E-state index contributed by atoms with van der Waals surface area (Å²) >= 11 is 1.49. The average Bonchev–Trinajstić information content (AvgIpc) is 2.76. The lowest BCUT2D eigenvalue weighted by atomic mass is 9.90. The monoisotopic (exact) mass is 507 g/mol. The number of nitrogens with zero attached hydrogens (tertiary/aromatic N) is 1. The van der Waals surface area contributed by atoms with Crippen LogP contribution in [0.4, 0.5) is 4.79 Å². The summed E-state index contributed by atoms with van der Waals surface area (Å²) in [6, 6.07) is 14.7. The van der Waals surface area contributed by atoms with Crippen LogP contribution in [-0.2, 0) is 28.2 Å².